The number of thioether (sulfide) groups is 1. The maximum absolute atomic E-state index is 5.54. The van der Waals surface area contributed by atoms with Crippen molar-refractivity contribution in [2.75, 3.05) is 0 Å². The monoisotopic (exact) mass is 347 g/mol. The van der Waals surface area contributed by atoms with E-state index in [2.05, 4.69) is 26.4 Å². The van der Waals surface area contributed by atoms with E-state index in [-0.39, 0.29) is 0 Å². The second kappa shape index (κ2) is 6.37. The predicted octanol–water partition coefficient (Wildman–Crippen LogP) is 2.22. The summed E-state index contributed by atoms with van der Waals surface area (Å²) in [6, 6.07) is 11.6. The normalized spacial score (nSPS) is 10.9. The molecular weight excluding hydrogens is 334 g/mol. The van der Waals surface area contributed by atoms with Crippen molar-refractivity contribution in [2.24, 2.45) is 7.05 Å². The van der Waals surface area contributed by atoms with Gasteiger partial charge < -0.3 is 0 Å². The van der Waals surface area contributed by atoms with Gasteiger partial charge in [0.15, 0.2) is 5.16 Å². The van der Waals surface area contributed by atoms with Crippen molar-refractivity contribution >= 4 is 22.8 Å². The molecule has 4 aromatic rings. The average Bonchev–Trinajstić information content (AvgIpc) is 3.22. The predicted molar refractivity (Wildman–Crippen MR) is 95.2 cm³/mol. The van der Waals surface area contributed by atoms with Crippen molar-refractivity contribution in [3.05, 3.63) is 53.9 Å². The molecule has 25 heavy (non-hydrogen) atoms. The molecule has 0 fully saturated rings. The van der Waals surface area contributed by atoms with E-state index in [9.17, 15) is 0 Å². The molecule has 4 rings (SSSR count). The first-order chi connectivity index (χ1) is 12.3. The lowest BCUT2D eigenvalue weighted by Crippen LogP contribution is -2.06. The van der Waals surface area contributed by atoms with Gasteiger partial charge in [-0.2, -0.15) is 0 Å². The van der Waals surface area contributed by atoms with E-state index in [1.165, 1.54) is 0 Å². The lowest BCUT2D eigenvalue weighted by atomic mass is 10.2. The van der Waals surface area contributed by atoms with Gasteiger partial charge in [-0.1, -0.05) is 28.8 Å². The van der Waals surface area contributed by atoms with E-state index in [0.29, 0.717) is 11.7 Å². The summed E-state index contributed by atoms with van der Waals surface area (Å²) in [5.74, 6) is 3.93. The molecule has 0 atom stereocenters. The number of aromatic nitrogens is 7. The van der Waals surface area contributed by atoms with E-state index >= 15 is 0 Å². The van der Waals surface area contributed by atoms with Crippen LogP contribution in [0.3, 0.4) is 0 Å². The molecule has 0 saturated heterocycles. The minimum Gasteiger partial charge on any atom is -0.260 e. The standard InChI is InChI=1S/C17H13N7S/c1-3-12-7-8-14-15(10-12)24(16-20-21-22-23(16)2)17(19-14)25-11-13-6-4-5-9-18-13/h1,4-10H,11H2,2H3. The van der Waals surface area contributed by atoms with E-state index in [1.54, 1.807) is 29.7 Å². The Morgan fingerprint density at radius 1 is 1.24 bits per heavy atom. The summed E-state index contributed by atoms with van der Waals surface area (Å²) >= 11 is 1.58. The van der Waals surface area contributed by atoms with Gasteiger partial charge in [-0.25, -0.2) is 9.67 Å². The van der Waals surface area contributed by atoms with Gasteiger partial charge in [0.25, 0.3) is 5.95 Å². The molecule has 7 nitrogen and oxygen atoms in total. The lowest BCUT2D eigenvalue weighted by molar-refractivity contribution is 0.682. The first kappa shape index (κ1) is 15.4. The molecular formula is C17H13N7S. The first-order valence-corrected chi connectivity index (χ1v) is 8.49. The Balaban J connectivity index is 1.83. The fourth-order valence-corrected chi connectivity index (χ4v) is 3.39. The number of fused-ring (bicyclic) bond motifs is 1. The summed E-state index contributed by atoms with van der Waals surface area (Å²) < 4.78 is 3.53. The molecule has 0 unspecified atom stereocenters. The quantitative estimate of drug-likeness (QED) is 0.416. The van der Waals surface area contributed by atoms with E-state index < -0.39 is 0 Å². The van der Waals surface area contributed by atoms with Gasteiger partial charge in [0.2, 0.25) is 0 Å². The molecule has 1 aromatic carbocycles. The van der Waals surface area contributed by atoms with E-state index in [0.717, 1.165) is 27.4 Å². The van der Waals surface area contributed by atoms with Crippen molar-refractivity contribution in [1.29, 1.82) is 0 Å². The highest BCUT2D eigenvalue weighted by atomic mass is 32.2. The van der Waals surface area contributed by atoms with Crippen LogP contribution in [0.15, 0.2) is 47.8 Å². The summed E-state index contributed by atoms with van der Waals surface area (Å²) in [4.78, 5) is 9.08. The van der Waals surface area contributed by atoms with Gasteiger partial charge >= 0.3 is 0 Å². The molecule has 0 spiro atoms. The highest BCUT2D eigenvalue weighted by Gasteiger charge is 2.17. The lowest BCUT2D eigenvalue weighted by Gasteiger charge is -2.06. The summed E-state index contributed by atoms with van der Waals surface area (Å²) in [7, 11) is 1.79. The third-order valence-electron chi connectivity index (χ3n) is 3.66. The van der Waals surface area contributed by atoms with Crippen LogP contribution in [0.2, 0.25) is 0 Å². The van der Waals surface area contributed by atoms with Gasteiger partial charge in [0.05, 0.1) is 16.7 Å². The highest BCUT2D eigenvalue weighted by Crippen LogP contribution is 2.29. The first-order valence-electron chi connectivity index (χ1n) is 7.51. The third kappa shape index (κ3) is 2.86. The Morgan fingerprint density at radius 2 is 2.16 bits per heavy atom. The van der Waals surface area contributed by atoms with Crippen molar-refractivity contribution in [2.45, 2.75) is 10.9 Å². The third-order valence-corrected chi connectivity index (χ3v) is 4.64. The van der Waals surface area contributed by atoms with Gasteiger partial charge in [-0.05, 0) is 40.8 Å². The number of hydrogen-bond acceptors (Lipinski definition) is 6. The van der Waals surface area contributed by atoms with Crippen LogP contribution >= 0.6 is 11.8 Å². The molecule has 0 aliphatic heterocycles. The Hall–Kier alpha value is -3.18. The number of terminal acetylenes is 1. The van der Waals surface area contributed by atoms with Crippen LogP contribution in [0.25, 0.3) is 17.0 Å². The maximum atomic E-state index is 5.54. The number of benzene rings is 1. The van der Waals surface area contributed by atoms with Crippen molar-refractivity contribution in [3.8, 4) is 18.3 Å². The minimum absolute atomic E-state index is 0.584. The molecule has 3 aromatic heterocycles. The number of imidazole rings is 1. The molecule has 0 aliphatic carbocycles. The number of nitrogens with zero attached hydrogens (tertiary/aromatic N) is 7. The molecule has 3 heterocycles. The smallest absolute Gasteiger partial charge is 0.256 e. The second-order valence-corrected chi connectivity index (χ2v) is 6.23. The van der Waals surface area contributed by atoms with Crippen LogP contribution in [0.4, 0.5) is 0 Å². The Kier molecular flexibility index (Phi) is 3.91. The van der Waals surface area contributed by atoms with Crippen LogP contribution in [0.1, 0.15) is 11.3 Å². The molecule has 8 heteroatoms. The molecule has 0 saturated carbocycles. The average molecular weight is 347 g/mol. The molecule has 0 bridgehead atoms. The molecule has 122 valence electrons. The van der Waals surface area contributed by atoms with Crippen molar-refractivity contribution in [1.82, 2.24) is 34.7 Å². The number of tetrazole rings is 1. The Labute approximate surface area is 148 Å². The zero-order valence-corrected chi connectivity index (χ0v) is 14.2. The maximum Gasteiger partial charge on any atom is 0.256 e. The molecule has 0 amide bonds. The van der Waals surface area contributed by atoms with Crippen LogP contribution in [-0.2, 0) is 12.8 Å². The number of hydrogen-bond donors (Lipinski definition) is 0. The fourth-order valence-electron chi connectivity index (χ4n) is 2.47. The van der Waals surface area contributed by atoms with E-state index in [4.69, 9.17) is 11.4 Å². The van der Waals surface area contributed by atoms with Crippen molar-refractivity contribution in [3.63, 3.8) is 0 Å². The van der Waals surface area contributed by atoms with Gasteiger partial charge in [-0.3, -0.25) is 9.55 Å². The minimum atomic E-state index is 0.584. The summed E-state index contributed by atoms with van der Waals surface area (Å²) in [6.07, 6.45) is 7.32. The summed E-state index contributed by atoms with van der Waals surface area (Å²) in [5, 5.41) is 12.6. The number of rotatable bonds is 4. The highest BCUT2D eigenvalue weighted by molar-refractivity contribution is 7.98. The van der Waals surface area contributed by atoms with Crippen molar-refractivity contribution < 1.29 is 0 Å². The molecule has 0 radical (unpaired) electrons. The zero-order chi connectivity index (χ0) is 17.2. The molecule has 0 aliphatic rings. The van der Waals surface area contributed by atoms with Gasteiger partial charge in [0, 0.05) is 24.6 Å². The van der Waals surface area contributed by atoms with Gasteiger partial charge in [-0.15, -0.1) is 6.42 Å². The van der Waals surface area contributed by atoms with E-state index in [1.807, 2.05) is 41.0 Å². The number of pyridine rings is 1. The fraction of sp³-hybridized carbons (Fsp3) is 0.118. The summed E-state index contributed by atoms with van der Waals surface area (Å²) in [6.45, 7) is 0. The van der Waals surface area contributed by atoms with Crippen LogP contribution in [0.5, 0.6) is 0 Å². The summed E-state index contributed by atoms with van der Waals surface area (Å²) in [5.41, 5.74) is 3.47. The SMILES string of the molecule is C#Cc1ccc2nc(SCc3ccccn3)n(-c3nnnn3C)c2c1. The second-order valence-electron chi connectivity index (χ2n) is 5.29. The largest absolute Gasteiger partial charge is 0.260 e. The Bertz CT molecular complexity index is 1080. The van der Waals surface area contributed by atoms with Crippen LogP contribution < -0.4 is 0 Å². The Morgan fingerprint density at radius 3 is 2.88 bits per heavy atom. The van der Waals surface area contributed by atoms with Crippen LogP contribution in [-0.4, -0.2) is 34.7 Å². The van der Waals surface area contributed by atoms with Crippen LogP contribution in [0, 0.1) is 12.3 Å². The number of aryl methyl sites for hydroxylation is 1. The van der Waals surface area contributed by atoms with Gasteiger partial charge in [0.1, 0.15) is 0 Å². The zero-order valence-electron chi connectivity index (χ0n) is 13.4. The topological polar surface area (TPSA) is 74.3 Å². The molecule has 0 N–H and O–H groups in total.